The Labute approximate surface area is 82.2 Å². The Kier molecular flexibility index (Phi) is 2.58. The van der Waals surface area contributed by atoms with E-state index in [1.807, 2.05) is 0 Å². The maximum absolute atomic E-state index is 12.6. The number of likely N-dealkylation sites (tertiary alicyclic amines) is 1. The summed E-state index contributed by atoms with van der Waals surface area (Å²) >= 11 is 0. The lowest BCUT2D eigenvalue weighted by molar-refractivity contribution is 0.171. The Hall–Kier alpha value is -1.23. The van der Waals surface area contributed by atoms with Crippen LogP contribution >= 0.6 is 0 Å². The SMILES string of the molecule is CCN1CC(Nc2ccnc(F)n2)C1. The van der Waals surface area contributed by atoms with Crippen LogP contribution in [0.3, 0.4) is 0 Å². The predicted octanol–water partition coefficient (Wildman–Crippen LogP) is 0.732. The van der Waals surface area contributed by atoms with Crippen molar-refractivity contribution in [2.75, 3.05) is 25.0 Å². The summed E-state index contributed by atoms with van der Waals surface area (Å²) < 4.78 is 12.6. The zero-order chi connectivity index (χ0) is 9.97. The second-order valence-electron chi connectivity index (χ2n) is 3.40. The summed E-state index contributed by atoms with van der Waals surface area (Å²) in [5, 5.41) is 3.15. The number of nitrogens with one attached hydrogen (secondary N) is 1. The highest BCUT2D eigenvalue weighted by molar-refractivity contribution is 5.34. The maximum Gasteiger partial charge on any atom is 0.310 e. The van der Waals surface area contributed by atoms with Crippen molar-refractivity contribution in [1.29, 1.82) is 0 Å². The minimum atomic E-state index is -0.679. The normalized spacial score (nSPS) is 17.9. The molecule has 2 heterocycles. The van der Waals surface area contributed by atoms with Crippen LogP contribution in [0.1, 0.15) is 6.92 Å². The first-order valence-corrected chi connectivity index (χ1v) is 4.75. The van der Waals surface area contributed by atoms with Gasteiger partial charge in [-0.2, -0.15) is 9.37 Å². The van der Waals surface area contributed by atoms with Gasteiger partial charge < -0.3 is 5.32 Å². The van der Waals surface area contributed by atoms with Gasteiger partial charge in [0.05, 0.1) is 6.04 Å². The molecule has 0 aromatic carbocycles. The Bertz CT molecular complexity index is 311. The third-order valence-electron chi connectivity index (χ3n) is 2.38. The second kappa shape index (κ2) is 3.88. The molecule has 0 unspecified atom stereocenters. The molecule has 0 aliphatic carbocycles. The van der Waals surface area contributed by atoms with Crippen molar-refractivity contribution in [3.8, 4) is 0 Å². The van der Waals surface area contributed by atoms with Gasteiger partial charge >= 0.3 is 6.08 Å². The molecule has 1 saturated heterocycles. The molecule has 14 heavy (non-hydrogen) atoms. The van der Waals surface area contributed by atoms with Crippen molar-refractivity contribution in [3.05, 3.63) is 18.3 Å². The molecule has 1 aromatic rings. The van der Waals surface area contributed by atoms with E-state index in [1.54, 1.807) is 6.07 Å². The smallest absolute Gasteiger partial charge is 0.310 e. The highest BCUT2D eigenvalue weighted by Crippen LogP contribution is 2.12. The molecule has 2 rings (SSSR count). The number of hydrogen-bond donors (Lipinski definition) is 1. The van der Waals surface area contributed by atoms with Gasteiger partial charge in [0, 0.05) is 19.3 Å². The molecule has 0 radical (unpaired) electrons. The van der Waals surface area contributed by atoms with Crippen molar-refractivity contribution in [2.24, 2.45) is 0 Å². The summed E-state index contributed by atoms with van der Waals surface area (Å²) in [6.45, 7) is 5.20. The first kappa shape index (κ1) is 9.33. The van der Waals surface area contributed by atoms with Crippen LogP contribution in [0.5, 0.6) is 0 Å². The Morgan fingerprint density at radius 3 is 3.07 bits per heavy atom. The molecule has 1 aromatic heterocycles. The largest absolute Gasteiger partial charge is 0.365 e. The average molecular weight is 196 g/mol. The molecule has 1 fully saturated rings. The summed E-state index contributed by atoms with van der Waals surface area (Å²) in [5.41, 5.74) is 0. The van der Waals surface area contributed by atoms with Crippen LogP contribution in [-0.2, 0) is 0 Å². The standard InChI is InChI=1S/C9H13FN4/c1-2-14-5-7(6-14)12-8-3-4-11-9(10)13-8/h3-4,7H,2,5-6H2,1H3,(H,11,12,13). The Morgan fingerprint density at radius 2 is 2.43 bits per heavy atom. The van der Waals surface area contributed by atoms with E-state index in [-0.39, 0.29) is 0 Å². The predicted molar refractivity (Wildman–Crippen MR) is 51.5 cm³/mol. The van der Waals surface area contributed by atoms with Gasteiger partial charge in [0.15, 0.2) is 0 Å². The molecule has 0 amide bonds. The van der Waals surface area contributed by atoms with E-state index in [0.29, 0.717) is 11.9 Å². The number of halogens is 1. The van der Waals surface area contributed by atoms with Crippen LogP contribution in [0.15, 0.2) is 12.3 Å². The van der Waals surface area contributed by atoms with Crippen LogP contribution in [0.25, 0.3) is 0 Å². The Balaban J connectivity index is 1.87. The fraction of sp³-hybridized carbons (Fsp3) is 0.556. The van der Waals surface area contributed by atoms with E-state index in [4.69, 9.17) is 0 Å². The molecule has 0 atom stereocenters. The van der Waals surface area contributed by atoms with Gasteiger partial charge in [0.1, 0.15) is 5.82 Å². The fourth-order valence-electron chi connectivity index (χ4n) is 1.54. The van der Waals surface area contributed by atoms with Crippen LogP contribution < -0.4 is 5.32 Å². The number of rotatable bonds is 3. The van der Waals surface area contributed by atoms with Crippen molar-refractivity contribution in [3.63, 3.8) is 0 Å². The molecular weight excluding hydrogens is 183 g/mol. The van der Waals surface area contributed by atoms with Crippen LogP contribution in [-0.4, -0.2) is 40.5 Å². The zero-order valence-corrected chi connectivity index (χ0v) is 8.07. The molecule has 0 bridgehead atoms. The molecule has 0 saturated carbocycles. The highest BCUT2D eigenvalue weighted by Gasteiger charge is 2.24. The molecule has 1 aliphatic heterocycles. The second-order valence-corrected chi connectivity index (χ2v) is 3.40. The summed E-state index contributed by atoms with van der Waals surface area (Å²) in [7, 11) is 0. The quantitative estimate of drug-likeness (QED) is 0.724. The van der Waals surface area contributed by atoms with E-state index >= 15 is 0 Å². The number of aromatic nitrogens is 2. The van der Waals surface area contributed by atoms with Crippen molar-refractivity contribution < 1.29 is 4.39 Å². The van der Waals surface area contributed by atoms with Gasteiger partial charge in [-0.3, -0.25) is 4.90 Å². The third-order valence-corrected chi connectivity index (χ3v) is 2.38. The summed E-state index contributed by atoms with van der Waals surface area (Å²) in [6, 6.07) is 2.07. The lowest BCUT2D eigenvalue weighted by atomic mass is 10.1. The lowest BCUT2D eigenvalue weighted by Gasteiger charge is -2.39. The summed E-state index contributed by atoms with van der Waals surface area (Å²) in [6.07, 6.45) is 0.739. The van der Waals surface area contributed by atoms with Gasteiger partial charge in [-0.15, -0.1) is 0 Å². The number of hydrogen-bond acceptors (Lipinski definition) is 4. The molecular formula is C9H13FN4. The molecule has 0 spiro atoms. The van der Waals surface area contributed by atoms with E-state index in [1.165, 1.54) is 6.20 Å². The first-order chi connectivity index (χ1) is 6.78. The van der Waals surface area contributed by atoms with Crippen molar-refractivity contribution >= 4 is 5.82 Å². The van der Waals surface area contributed by atoms with Gasteiger partial charge in [-0.1, -0.05) is 6.92 Å². The fourth-order valence-corrected chi connectivity index (χ4v) is 1.54. The lowest BCUT2D eigenvalue weighted by Crippen LogP contribution is -2.54. The van der Waals surface area contributed by atoms with Gasteiger partial charge in [0.25, 0.3) is 0 Å². The average Bonchev–Trinajstić information content (AvgIpc) is 2.10. The van der Waals surface area contributed by atoms with E-state index < -0.39 is 6.08 Å². The van der Waals surface area contributed by atoms with Crippen molar-refractivity contribution in [1.82, 2.24) is 14.9 Å². The number of nitrogens with zero attached hydrogens (tertiary/aromatic N) is 3. The first-order valence-electron chi connectivity index (χ1n) is 4.75. The Morgan fingerprint density at radius 1 is 1.64 bits per heavy atom. The van der Waals surface area contributed by atoms with E-state index in [9.17, 15) is 4.39 Å². The van der Waals surface area contributed by atoms with Gasteiger partial charge in [-0.05, 0) is 12.6 Å². The topological polar surface area (TPSA) is 41.0 Å². The summed E-state index contributed by atoms with van der Waals surface area (Å²) in [5.74, 6) is 0.568. The monoisotopic (exact) mass is 196 g/mol. The minimum Gasteiger partial charge on any atom is -0.365 e. The van der Waals surface area contributed by atoms with Gasteiger partial charge in [0.2, 0.25) is 0 Å². The van der Waals surface area contributed by atoms with Crippen molar-refractivity contribution in [2.45, 2.75) is 13.0 Å². The molecule has 4 nitrogen and oxygen atoms in total. The molecule has 1 N–H and O–H groups in total. The van der Waals surface area contributed by atoms with E-state index in [0.717, 1.165) is 19.6 Å². The molecule has 5 heteroatoms. The van der Waals surface area contributed by atoms with Crippen LogP contribution in [0.2, 0.25) is 0 Å². The minimum absolute atomic E-state index is 0.393. The summed E-state index contributed by atoms with van der Waals surface area (Å²) in [4.78, 5) is 9.33. The molecule has 1 aliphatic rings. The number of anilines is 1. The van der Waals surface area contributed by atoms with Crippen LogP contribution in [0.4, 0.5) is 10.2 Å². The highest BCUT2D eigenvalue weighted by atomic mass is 19.1. The van der Waals surface area contributed by atoms with E-state index in [2.05, 4.69) is 27.1 Å². The van der Waals surface area contributed by atoms with Gasteiger partial charge in [-0.25, -0.2) is 4.98 Å². The molecule has 76 valence electrons. The maximum atomic E-state index is 12.6. The third kappa shape index (κ3) is 1.98. The zero-order valence-electron chi connectivity index (χ0n) is 8.07. The van der Waals surface area contributed by atoms with Crippen LogP contribution in [0, 0.1) is 6.08 Å². The number of likely N-dealkylation sites (N-methyl/N-ethyl adjacent to an activating group) is 1.